The van der Waals surface area contributed by atoms with Crippen LogP contribution in [0.15, 0.2) is 0 Å². The summed E-state index contributed by atoms with van der Waals surface area (Å²) in [4.78, 5) is 64.8. The van der Waals surface area contributed by atoms with Gasteiger partial charge in [-0.15, -0.1) is 0 Å². The summed E-state index contributed by atoms with van der Waals surface area (Å²) in [6.45, 7) is 5.00. The molecule has 2 bridgehead atoms. The first-order chi connectivity index (χ1) is 18.0. The quantitative estimate of drug-likeness (QED) is 0.279. The number of nitrogens with zero attached hydrogens (tertiary/aromatic N) is 1. The van der Waals surface area contributed by atoms with E-state index in [4.69, 9.17) is 5.73 Å². The van der Waals surface area contributed by atoms with Gasteiger partial charge in [-0.05, 0) is 54.8 Å². The molecule has 4 rings (SSSR count). The highest BCUT2D eigenvalue weighted by atomic mass is 19.4. The maximum absolute atomic E-state index is 13.8. The molecule has 2 aliphatic heterocycles. The number of halogens is 3. The lowest BCUT2D eigenvalue weighted by Gasteiger charge is -2.37. The molecule has 5 amide bonds. The van der Waals surface area contributed by atoms with E-state index in [1.165, 1.54) is 25.7 Å². The van der Waals surface area contributed by atoms with Crippen LogP contribution in [0.5, 0.6) is 0 Å². The van der Waals surface area contributed by atoms with E-state index in [0.717, 1.165) is 0 Å². The molecule has 6 N–H and O–H groups in total. The van der Waals surface area contributed by atoms with Gasteiger partial charge in [0.15, 0.2) is 0 Å². The van der Waals surface area contributed by atoms with E-state index in [9.17, 15) is 42.3 Å². The molecule has 39 heavy (non-hydrogen) atoms. The molecule has 2 aliphatic carbocycles. The highest BCUT2D eigenvalue weighted by Crippen LogP contribution is 2.57. The largest absolute Gasteiger partial charge is 0.471 e. The van der Waals surface area contributed by atoms with Crippen LogP contribution in [0.1, 0.15) is 46.5 Å². The molecule has 2 saturated heterocycles. The molecule has 4 aliphatic rings. The van der Waals surface area contributed by atoms with Crippen LogP contribution >= 0.6 is 0 Å². The van der Waals surface area contributed by atoms with Gasteiger partial charge in [-0.3, -0.25) is 24.0 Å². The lowest BCUT2D eigenvalue weighted by molar-refractivity contribution is -0.176. The number of likely N-dealkylation sites (tertiary alicyclic amines) is 1. The number of hydrogen-bond donors (Lipinski definition) is 5. The number of alkyl halides is 3. The summed E-state index contributed by atoms with van der Waals surface area (Å²) in [5.74, 6) is -6.46. The number of carbonyl (C=O) groups excluding carboxylic acids is 5. The number of amides is 5. The fourth-order valence-corrected chi connectivity index (χ4v) is 7.00. The van der Waals surface area contributed by atoms with Crippen LogP contribution in [-0.4, -0.2) is 83.0 Å². The molecule has 0 aromatic heterocycles. The SMILES string of the molecule is CC(C)(C)[C@H](NC(=O)C(F)(F)F)C(=O)N1C[C@@H]2[C@H]3C[C@@H]([C@@H]2[C@H]1C(=O)N[C@@H](C[C@@H]1CCNC1=O)C(N)=O)[C@H](O)C3. The third-order valence-electron chi connectivity index (χ3n) is 8.86. The zero-order valence-corrected chi connectivity index (χ0v) is 22.1. The Morgan fingerprint density at radius 3 is 2.33 bits per heavy atom. The van der Waals surface area contributed by atoms with Crippen molar-refractivity contribution in [3.63, 3.8) is 0 Å². The second kappa shape index (κ2) is 10.3. The highest BCUT2D eigenvalue weighted by Gasteiger charge is 2.63. The summed E-state index contributed by atoms with van der Waals surface area (Å²) >= 11 is 0. The Morgan fingerprint density at radius 1 is 1.13 bits per heavy atom. The monoisotopic (exact) mass is 559 g/mol. The topological polar surface area (TPSA) is 171 Å². The van der Waals surface area contributed by atoms with E-state index < -0.39 is 71.3 Å². The lowest BCUT2D eigenvalue weighted by Crippen LogP contribution is -2.61. The summed E-state index contributed by atoms with van der Waals surface area (Å²) in [5.41, 5.74) is 4.39. The third kappa shape index (κ3) is 5.57. The molecule has 4 fully saturated rings. The standard InChI is InChI=1S/C25H36F3N5O6/c1-24(2,3)18(32-23(39)25(26,27)28)22(38)33-9-13-11-6-12(15(34)8-11)16(13)17(33)21(37)31-14(19(29)35)7-10-4-5-30-20(10)36/h10-18,34H,4-9H2,1-3H3,(H2,29,35)(H,30,36)(H,31,37)(H,32,39)/t10-,11-,12+,13+,14-,15+,16-,17-,18+/m0/s1. The van der Waals surface area contributed by atoms with Gasteiger partial charge in [-0.1, -0.05) is 20.8 Å². The number of aliphatic hydroxyl groups is 1. The fraction of sp³-hybridized carbons (Fsp3) is 0.800. The smallest absolute Gasteiger partial charge is 0.393 e. The number of primary amides is 1. The number of carbonyl (C=O) groups is 5. The third-order valence-corrected chi connectivity index (χ3v) is 8.86. The highest BCUT2D eigenvalue weighted by molar-refractivity contribution is 5.96. The van der Waals surface area contributed by atoms with E-state index in [2.05, 4.69) is 10.6 Å². The van der Waals surface area contributed by atoms with Gasteiger partial charge in [0.25, 0.3) is 0 Å². The van der Waals surface area contributed by atoms with Gasteiger partial charge in [0.1, 0.15) is 18.1 Å². The van der Waals surface area contributed by atoms with Crippen molar-refractivity contribution < 1.29 is 42.3 Å². The molecule has 0 unspecified atom stereocenters. The molecule has 2 saturated carbocycles. The van der Waals surface area contributed by atoms with Crippen molar-refractivity contribution >= 4 is 29.5 Å². The summed E-state index contributed by atoms with van der Waals surface area (Å²) in [5, 5.41) is 17.6. The molecule has 0 aromatic carbocycles. The van der Waals surface area contributed by atoms with Gasteiger partial charge in [0.05, 0.1) is 6.10 Å². The molecular weight excluding hydrogens is 523 g/mol. The molecule has 218 valence electrons. The predicted octanol–water partition coefficient (Wildman–Crippen LogP) is -0.580. The van der Waals surface area contributed by atoms with Crippen molar-refractivity contribution in [2.75, 3.05) is 13.1 Å². The van der Waals surface area contributed by atoms with Crippen LogP contribution in [0.25, 0.3) is 0 Å². The van der Waals surface area contributed by atoms with Crippen molar-refractivity contribution in [1.82, 2.24) is 20.9 Å². The van der Waals surface area contributed by atoms with Crippen molar-refractivity contribution in [1.29, 1.82) is 0 Å². The van der Waals surface area contributed by atoms with E-state index in [1.54, 1.807) is 5.32 Å². The predicted molar refractivity (Wildman–Crippen MR) is 129 cm³/mol. The van der Waals surface area contributed by atoms with Gasteiger partial charge in [0.2, 0.25) is 23.6 Å². The first-order valence-corrected chi connectivity index (χ1v) is 13.2. The average Bonchev–Trinajstić information content (AvgIpc) is 3.56. The number of rotatable bonds is 7. The van der Waals surface area contributed by atoms with Gasteiger partial charge in [-0.25, -0.2) is 0 Å². The normalized spacial score (nSPS) is 33.4. The van der Waals surface area contributed by atoms with Crippen molar-refractivity contribution in [2.45, 2.75) is 76.9 Å². The Morgan fingerprint density at radius 2 is 1.79 bits per heavy atom. The summed E-state index contributed by atoms with van der Waals surface area (Å²) < 4.78 is 39.3. The Bertz CT molecular complexity index is 1050. The molecule has 14 heteroatoms. The minimum atomic E-state index is -5.22. The van der Waals surface area contributed by atoms with Gasteiger partial charge < -0.3 is 31.7 Å². The number of nitrogens with one attached hydrogen (secondary N) is 3. The van der Waals surface area contributed by atoms with Crippen LogP contribution in [0.2, 0.25) is 0 Å². The Hall–Kier alpha value is -2.90. The Balaban J connectivity index is 1.62. The van der Waals surface area contributed by atoms with Crippen LogP contribution < -0.4 is 21.7 Å². The van der Waals surface area contributed by atoms with Gasteiger partial charge in [-0.2, -0.15) is 13.2 Å². The van der Waals surface area contributed by atoms with Crippen molar-refractivity contribution in [3.8, 4) is 0 Å². The number of fused-ring (bicyclic) bond motifs is 5. The van der Waals surface area contributed by atoms with Crippen molar-refractivity contribution in [2.24, 2.45) is 40.7 Å². The zero-order chi connectivity index (χ0) is 29.0. The van der Waals surface area contributed by atoms with Crippen molar-refractivity contribution in [3.05, 3.63) is 0 Å². The Labute approximate surface area is 223 Å². The van der Waals surface area contributed by atoms with Crippen LogP contribution in [0.3, 0.4) is 0 Å². The first kappa shape index (κ1) is 29.1. The lowest BCUT2D eigenvalue weighted by atomic mass is 9.76. The van der Waals surface area contributed by atoms with Crippen LogP contribution in [-0.2, 0) is 24.0 Å². The molecule has 11 nitrogen and oxygen atoms in total. The second-order valence-electron chi connectivity index (χ2n) is 12.4. The minimum Gasteiger partial charge on any atom is -0.393 e. The molecule has 0 radical (unpaired) electrons. The second-order valence-corrected chi connectivity index (χ2v) is 12.4. The number of aliphatic hydroxyl groups excluding tert-OH is 1. The minimum absolute atomic E-state index is 0.0232. The van der Waals surface area contributed by atoms with E-state index in [1.807, 2.05) is 0 Å². The molecule has 2 heterocycles. The molecule has 0 aromatic rings. The summed E-state index contributed by atoms with van der Waals surface area (Å²) in [6, 6.07) is -4.01. The summed E-state index contributed by atoms with van der Waals surface area (Å²) in [7, 11) is 0. The number of hydrogen-bond acceptors (Lipinski definition) is 6. The maximum Gasteiger partial charge on any atom is 0.471 e. The first-order valence-electron chi connectivity index (χ1n) is 13.2. The van der Waals surface area contributed by atoms with Crippen LogP contribution in [0, 0.1) is 35.0 Å². The summed E-state index contributed by atoms with van der Waals surface area (Å²) in [6.07, 6.45) is -4.35. The molecule has 9 atom stereocenters. The van der Waals surface area contributed by atoms with Crippen LogP contribution in [0.4, 0.5) is 13.2 Å². The molecule has 0 spiro atoms. The average molecular weight is 560 g/mol. The van der Waals surface area contributed by atoms with Gasteiger partial charge >= 0.3 is 12.1 Å². The Kier molecular flexibility index (Phi) is 7.65. The molecular formula is C25H36F3N5O6. The maximum atomic E-state index is 13.8. The fourth-order valence-electron chi connectivity index (χ4n) is 7.00. The zero-order valence-electron chi connectivity index (χ0n) is 22.1. The van der Waals surface area contributed by atoms with E-state index in [-0.39, 0.29) is 36.6 Å². The number of nitrogens with two attached hydrogens (primary N) is 1. The van der Waals surface area contributed by atoms with E-state index >= 15 is 0 Å². The van der Waals surface area contributed by atoms with E-state index in [0.29, 0.717) is 25.8 Å². The van der Waals surface area contributed by atoms with Gasteiger partial charge in [0, 0.05) is 19.0 Å².